The second-order valence-electron chi connectivity index (χ2n) is 10.2. The van der Waals surface area contributed by atoms with E-state index in [-0.39, 0.29) is 34.5 Å². The van der Waals surface area contributed by atoms with Crippen molar-refractivity contribution in [1.29, 1.82) is 0 Å². The van der Waals surface area contributed by atoms with Gasteiger partial charge in [0.15, 0.2) is 0 Å². The molecule has 3 heterocycles. The summed E-state index contributed by atoms with van der Waals surface area (Å²) in [6, 6.07) is 20.2. The molecule has 4 aromatic rings. The van der Waals surface area contributed by atoms with Crippen LogP contribution in [0.15, 0.2) is 71.6 Å². The van der Waals surface area contributed by atoms with Crippen LogP contribution in [0.3, 0.4) is 0 Å². The van der Waals surface area contributed by atoms with Gasteiger partial charge in [0, 0.05) is 36.1 Å². The topological polar surface area (TPSA) is 109 Å². The first-order chi connectivity index (χ1) is 18.2. The maximum atomic E-state index is 13.8. The fraction of sp³-hybridized carbons (Fsp3) is 0.276. The van der Waals surface area contributed by atoms with Crippen molar-refractivity contribution >= 4 is 32.8 Å². The number of hydrogen-bond acceptors (Lipinski definition) is 6. The van der Waals surface area contributed by atoms with Crippen LogP contribution in [0.5, 0.6) is 0 Å². The third kappa shape index (κ3) is 4.02. The number of carbonyl (C=O) groups is 1. The summed E-state index contributed by atoms with van der Waals surface area (Å²) < 4.78 is 29.3. The van der Waals surface area contributed by atoms with Crippen molar-refractivity contribution in [1.82, 2.24) is 19.2 Å². The molecule has 0 saturated carbocycles. The number of aromatic nitrogens is 2. The molecule has 1 amide bonds. The van der Waals surface area contributed by atoms with Crippen molar-refractivity contribution < 1.29 is 13.2 Å². The average molecular weight is 528 g/mol. The van der Waals surface area contributed by atoms with Crippen LogP contribution in [0.4, 0.5) is 5.95 Å². The van der Waals surface area contributed by atoms with Gasteiger partial charge in [-0.25, -0.2) is 18.4 Å². The molecule has 0 radical (unpaired) electrons. The van der Waals surface area contributed by atoms with Gasteiger partial charge in [-0.15, -0.1) is 0 Å². The molecule has 1 fully saturated rings. The molecule has 194 valence electrons. The first-order valence-corrected chi connectivity index (χ1v) is 14.2. The van der Waals surface area contributed by atoms with Gasteiger partial charge in [-0.1, -0.05) is 48.5 Å². The summed E-state index contributed by atoms with van der Waals surface area (Å²) >= 11 is 0. The van der Waals surface area contributed by atoms with Crippen molar-refractivity contribution in [3.05, 3.63) is 83.6 Å². The van der Waals surface area contributed by atoms with E-state index in [1.54, 1.807) is 39.5 Å². The molecular formula is C29H29N5O3S. The fourth-order valence-electron chi connectivity index (χ4n) is 5.79. The number of hydrogen-bond donors (Lipinski definition) is 1. The van der Waals surface area contributed by atoms with Gasteiger partial charge in [0.2, 0.25) is 16.0 Å². The summed E-state index contributed by atoms with van der Waals surface area (Å²) in [5.74, 6) is -0.219. The zero-order valence-electron chi connectivity index (χ0n) is 21.3. The summed E-state index contributed by atoms with van der Waals surface area (Å²) in [7, 11) is -3.74. The van der Waals surface area contributed by atoms with E-state index in [0.29, 0.717) is 35.1 Å². The van der Waals surface area contributed by atoms with Gasteiger partial charge in [-0.2, -0.15) is 4.31 Å². The molecule has 2 atom stereocenters. The van der Waals surface area contributed by atoms with Gasteiger partial charge in [-0.3, -0.25) is 4.79 Å². The van der Waals surface area contributed by atoms with E-state index in [4.69, 9.17) is 5.73 Å². The van der Waals surface area contributed by atoms with Crippen LogP contribution in [-0.4, -0.2) is 45.6 Å². The second-order valence-corrected chi connectivity index (χ2v) is 12.0. The van der Waals surface area contributed by atoms with Gasteiger partial charge in [0.05, 0.1) is 10.4 Å². The SMILES string of the molecule is CC1CCC(C)N1S(=O)(=O)c1ccccc1-c1ccc2nc(N)nc(C(=O)N3Cc4ccccc4C3)c2c1. The molecule has 1 saturated heterocycles. The van der Waals surface area contributed by atoms with E-state index in [1.807, 2.05) is 50.2 Å². The molecular weight excluding hydrogens is 498 g/mol. The van der Waals surface area contributed by atoms with Crippen LogP contribution in [0, 0.1) is 0 Å². The Kier molecular flexibility index (Phi) is 5.92. The summed E-state index contributed by atoms with van der Waals surface area (Å²) in [4.78, 5) is 24.4. The number of amides is 1. The number of nitrogens with two attached hydrogens (primary N) is 1. The third-order valence-electron chi connectivity index (χ3n) is 7.67. The van der Waals surface area contributed by atoms with E-state index in [2.05, 4.69) is 9.97 Å². The monoisotopic (exact) mass is 527 g/mol. The number of nitrogens with zero attached hydrogens (tertiary/aromatic N) is 4. The van der Waals surface area contributed by atoms with E-state index in [1.165, 1.54) is 0 Å². The molecule has 1 aromatic heterocycles. The molecule has 6 rings (SSSR count). The van der Waals surface area contributed by atoms with Crippen molar-refractivity contribution in [2.24, 2.45) is 0 Å². The van der Waals surface area contributed by atoms with Crippen LogP contribution in [0.1, 0.15) is 48.3 Å². The molecule has 0 aliphatic carbocycles. The Hall–Kier alpha value is -3.82. The molecule has 2 unspecified atom stereocenters. The zero-order chi connectivity index (χ0) is 26.6. The van der Waals surface area contributed by atoms with Gasteiger partial charge in [-0.05, 0) is 61.6 Å². The smallest absolute Gasteiger partial charge is 0.273 e. The van der Waals surface area contributed by atoms with Gasteiger partial charge in [0.1, 0.15) is 5.69 Å². The largest absolute Gasteiger partial charge is 0.368 e. The Balaban J connectivity index is 1.44. The van der Waals surface area contributed by atoms with E-state index >= 15 is 0 Å². The maximum absolute atomic E-state index is 13.8. The highest BCUT2D eigenvalue weighted by Gasteiger charge is 2.38. The van der Waals surface area contributed by atoms with E-state index < -0.39 is 10.0 Å². The van der Waals surface area contributed by atoms with Crippen LogP contribution in [0.2, 0.25) is 0 Å². The number of anilines is 1. The summed E-state index contributed by atoms with van der Waals surface area (Å²) in [5, 5.41) is 0.535. The number of benzene rings is 3. The Morgan fingerprint density at radius 3 is 2.21 bits per heavy atom. The highest BCUT2D eigenvalue weighted by molar-refractivity contribution is 7.89. The molecule has 9 heteroatoms. The molecule has 3 aromatic carbocycles. The summed E-state index contributed by atoms with van der Waals surface area (Å²) in [6.07, 6.45) is 1.67. The number of sulfonamides is 1. The minimum atomic E-state index is -3.74. The molecule has 2 aliphatic heterocycles. The van der Waals surface area contributed by atoms with Crippen molar-refractivity contribution in [3.63, 3.8) is 0 Å². The van der Waals surface area contributed by atoms with Crippen LogP contribution in [0.25, 0.3) is 22.0 Å². The lowest BCUT2D eigenvalue weighted by atomic mass is 10.0. The Morgan fingerprint density at radius 1 is 0.895 bits per heavy atom. The molecule has 8 nitrogen and oxygen atoms in total. The number of rotatable bonds is 4. The van der Waals surface area contributed by atoms with Crippen LogP contribution >= 0.6 is 0 Å². The minimum Gasteiger partial charge on any atom is -0.368 e. The van der Waals surface area contributed by atoms with Crippen molar-refractivity contribution in [2.75, 3.05) is 5.73 Å². The average Bonchev–Trinajstić information content (AvgIpc) is 3.50. The highest BCUT2D eigenvalue weighted by Crippen LogP contribution is 2.36. The number of carbonyl (C=O) groups excluding carboxylic acids is 1. The van der Waals surface area contributed by atoms with E-state index in [0.717, 1.165) is 24.0 Å². The summed E-state index contributed by atoms with van der Waals surface area (Å²) in [6.45, 7) is 4.90. The predicted octanol–water partition coefficient (Wildman–Crippen LogP) is 4.60. The minimum absolute atomic E-state index is 0.0188. The predicted molar refractivity (Wildman–Crippen MR) is 147 cm³/mol. The lowest BCUT2D eigenvalue weighted by Crippen LogP contribution is -2.38. The highest BCUT2D eigenvalue weighted by atomic mass is 32.2. The van der Waals surface area contributed by atoms with Crippen LogP contribution in [-0.2, 0) is 23.1 Å². The Morgan fingerprint density at radius 2 is 1.53 bits per heavy atom. The Labute approximate surface area is 222 Å². The molecule has 0 spiro atoms. The second kappa shape index (κ2) is 9.18. The van der Waals surface area contributed by atoms with Gasteiger partial charge >= 0.3 is 0 Å². The lowest BCUT2D eigenvalue weighted by molar-refractivity contribution is 0.0747. The van der Waals surface area contributed by atoms with Crippen molar-refractivity contribution in [2.45, 2.75) is 56.8 Å². The molecule has 0 bridgehead atoms. The first kappa shape index (κ1) is 24.5. The quantitative estimate of drug-likeness (QED) is 0.416. The molecule has 38 heavy (non-hydrogen) atoms. The van der Waals surface area contributed by atoms with Gasteiger partial charge in [0.25, 0.3) is 5.91 Å². The lowest BCUT2D eigenvalue weighted by Gasteiger charge is -2.26. The number of nitrogen functional groups attached to an aromatic ring is 1. The van der Waals surface area contributed by atoms with E-state index in [9.17, 15) is 13.2 Å². The Bertz CT molecular complexity index is 1650. The van der Waals surface area contributed by atoms with Crippen LogP contribution < -0.4 is 5.73 Å². The zero-order valence-corrected chi connectivity index (χ0v) is 22.1. The first-order valence-electron chi connectivity index (χ1n) is 12.8. The number of fused-ring (bicyclic) bond motifs is 2. The van der Waals surface area contributed by atoms with Gasteiger partial charge < -0.3 is 10.6 Å². The normalized spacial score (nSPS) is 19.7. The van der Waals surface area contributed by atoms with Crippen molar-refractivity contribution in [3.8, 4) is 11.1 Å². The summed E-state index contributed by atoms with van der Waals surface area (Å²) in [5.41, 5.74) is 10.2. The third-order valence-corrected chi connectivity index (χ3v) is 9.85. The maximum Gasteiger partial charge on any atom is 0.273 e. The fourth-order valence-corrected chi connectivity index (χ4v) is 7.89. The molecule has 2 N–H and O–H groups in total. The molecule has 2 aliphatic rings. The standard InChI is InChI=1S/C29H29N5O3S/c1-18-11-12-19(2)34(18)38(36,37)26-10-6-5-9-23(26)20-13-14-25-24(15-20)27(32-29(30)31-25)28(35)33-16-21-7-3-4-8-22(21)17-33/h3-10,13-15,18-19H,11-12,16-17H2,1-2H3,(H2,30,31,32).